The van der Waals surface area contributed by atoms with Crippen LogP contribution in [0.15, 0.2) is 35.6 Å². The highest BCUT2D eigenvalue weighted by molar-refractivity contribution is 5.29. The first-order chi connectivity index (χ1) is 6.76. The maximum absolute atomic E-state index is 5.60. The van der Waals surface area contributed by atoms with E-state index < -0.39 is 0 Å². The largest absolute Gasteiger partial charge is 0.385 e. The molecule has 0 radical (unpaired) electrons. The van der Waals surface area contributed by atoms with Crippen LogP contribution in [0, 0.1) is 0 Å². The smallest absolute Gasteiger partial charge is 0.0360 e. The summed E-state index contributed by atoms with van der Waals surface area (Å²) >= 11 is 0. The molecule has 0 aromatic carbocycles. The summed E-state index contributed by atoms with van der Waals surface area (Å²) in [6, 6.07) is 0. The molecule has 0 amide bonds. The van der Waals surface area contributed by atoms with E-state index in [9.17, 15) is 0 Å². The average Bonchev–Trinajstić information content (AvgIpc) is 2.26. The van der Waals surface area contributed by atoms with Gasteiger partial charge in [-0.25, -0.2) is 0 Å². The van der Waals surface area contributed by atoms with Gasteiger partial charge in [0.1, 0.15) is 0 Å². The summed E-state index contributed by atoms with van der Waals surface area (Å²) in [6.07, 6.45) is 7.69. The zero-order valence-electron chi connectivity index (χ0n) is 8.97. The minimum atomic E-state index is 0.651. The lowest BCUT2D eigenvalue weighted by Crippen LogP contribution is -2.17. The summed E-state index contributed by atoms with van der Waals surface area (Å²) in [4.78, 5) is 0. The molecule has 1 aliphatic rings. The number of rotatable bonds is 5. The summed E-state index contributed by atoms with van der Waals surface area (Å²) in [5, 5.41) is 3.32. The number of nitrogens with two attached hydrogens (primary N) is 1. The molecule has 0 saturated carbocycles. The Kier molecular flexibility index (Phi) is 4.47. The van der Waals surface area contributed by atoms with Gasteiger partial charge in [0.15, 0.2) is 0 Å². The summed E-state index contributed by atoms with van der Waals surface area (Å²) in [6.45, 7) is 7.60. The second-order valence-corrected chi connectivity index (χ2v) is 3.64. The van der Waals surface area contributed by atoms with E-state index >= 15 is 0 Å². The summed E-state index contributed by atoms with van der Waals surface area (Å²) in [7, 11) is 0. The molecule has 3 N–H and O–H groups in total. The van der Waals surface area contributed by atoms with Crippen molar-refractivity contribution in [2.45, 2.75) is 26.2 Å². The van der Waals surface area contributed by atoms with Gasteiger partial charge in [0.2, 0.25) is 0 Å². The lowest BCUT2D eigenvalue weighted by Gasteiger charge is -2.15. The Balaban J connectivity index is 2.41. The van der Waals surface area contributed by atoms with Gasteiger partial charge in [-0.15, -0.1) is 0 Å². The first-order valence-corrected chi connectivity index (χ1v) is 5.26. The van der Waals surface area contributed by atoms with Gasteiger partial charge in [0.25, 0.3) is 0 Å². The zero-order valence-corrected chi connectivity index (χ0v) is 8.97. The van der Waals surface area contributed by atoms with Crippen LogP contribution < -0.4 is 11.1 Å². The van der Waals surface area contributed by atoms with Crippen LogP contribution in [0.4, 0.5) is 0 Å². The highest BCUT2D eigenvalue weighted by Crippen LogP contribution is 2.16. The molecule has 2 nitrogen and oxygen atoms in total. The first-order valence-electron chi connectivity index (χ1n) is 5.26. The number of hydrogen-bond donors (Lipinski definition) is 2. The van der Waals surface area contributed by atoms with Crippen molar-refractivity contribution in [1.82, 2.24) is 5.32 Å². The topological polar surface area (TPSA) is 38.0 Å². The number of allylic oxidation sites excluding steroid dienone is 2. The van der Waals surface area contributed by atoms with Gasteiger partial charge >= 0.3 is 0 Å². The first kappa shape index (κ1) is 11.1. The van der Waals surface area contributed by atoms with Gasteiger partial charge in [-0.1, -0.05) is 31.2 Å². The van der Waals surface area contributed by atoms with Crippen molar-refractivity contribution in [1.29, 1.82) is 0 Å². The third kappa shape index (κ3) is 3.38. The molecule has 14 heavy (non-hydrogen) atoms. The fraction of sp³-hybridized carbons (Fsp3) is 0.500. The maximum atomic E-state index is 5.60. The van der Waals surface area contributed by atoms with Crippen LogP contribution in [0.25, 0.3) is 0 Å². The predicted molar refractivity (Wildman–Crippen MR) is 61.9 cm³/mol. The molecule has 78 valence electrons. The molecule has 0 fully saturated rings. The molecule has 0 aromatic rings. The average molecular weight is 192 g/mol. The Hall–Kier alpha value is -1.02. The third-order valence-electron chi connectivity index (χ3n) is 2.49. The van der Waals surface area contributed by atoms with E-state index in [2.05, 4.69) is 31.0 Å². The van der Waals surface area contributed by atoms with Crippen LogP contribution >= 0.6 is 0 Å². The van der Waals surface area contributed by atoms with Crippen LogP contribution in [0.2, 0.25) is 0 Å². The minimum absolute atomic E-state index is 0.651. The van der Waals surface area contributed by atoms with Gasteiger partial charge < -0.3 is 11.1 Å². The lowest BCUT2D eigenvalue weighted by atomic mass is 9.99. The van der Waals surface area contributed by atoms with Crippen molar-refractivity contribution in [2.24, 2.45) is 5.73 Å². The fourth-order valence-corrected chi connectivity index (χ4v) is 1.48. The van der Waals surface area contributed by atoms with Crippen LogP contribution in [0.3, 0.4) is 0 Å². The van der Waals surface area contributed by atoms with Crippen LogP contribution in [0.5, 0.6) is 0 Å². The van der Waals surface area contributed by atoms with Gasteiger partial charge in [-0.3, -0.25) is 0 Å². The molecule has 0 unspecified atom stereocenters. The van der Waals surface area contributed by atoms with Crippen molar-refractivity contribution in [2.75, 3.05) is 13.1 Å². The molecule has 0 atom stereocenters. The van der Waals surface area contributed by atoms with Crippen molar-refractivity contribution in [3.05, 3.63) is 35.6 Å². The summed E-state index contributed by atoms with van der Waals surface area (Å²) in [5.74, 6) is 0. The molecule has 0 bridgehead atoms. The van der Waals surface area contributed by atoms with Crippen LogP contribution in [0.1, 0.15) is 26.2 Å². The Morgan fingerprint density at radius 1 is 1.64 bits per heavy atom. The zero-order chi connectivity index (χ0) is 10.4. The van der Waals surface area contributed by atoms with Gasteiger partial charge in [0, 0.05) is 18.8 Å². The van der Waals surface area contributed by atoms with E-state index in [1.54, 1.807) is 0 Å². The Labute approximate surface area is 86.6 Å². The van der Waals surface area contributed by atoms with Crippen molar-refractivity contribution >= 4 is 0 Å². The Bertz CT molecular complexity index is 261. The number of hydrogen-bond acceptors (Lipinski definition) is 2. The quantitative estimate of drug-likeness (QED) is 0.700. The Morgan fingerprint density at radius 2 is 2.43 bits per heavy atom. The SMILES string of the molecule is C=C(CC)NCC1=CC(CN)=CCC1. The molecule has 1 rings (SSSR count). The van der Waals surface area contributed by atoms with Gasteiger partial charge in [-0.2, -0.15) is 0 Å². The molecule has 0 aliphatic heterocycles. The normalized spacial score (nSPS) is 15.9. The fourth-order valence-electron chi connectivity index (χ4n) is 1.48. The van der Waals surface area contributed by atoms with E-state index in [0.29, 0.717) is 6.54 Å². The van der Waals surface area contributed by atoms with Crippen molar-refractivity contribution in [3.63, 3.8) is 0 Å². The van der Waals surface area contributed by atoms with Crippen molar-refractivity contribution in [3.8, 4) is 0 Å². The van der Waals surface area contributed by atoms with Crippen LogP contribution in [-0.4, -0.2) is 13.1 Å². The summed E-state index contributed by atoms with van der Waals surface area (Å²) < 4.78 is 0. The summed E-state index contributed by atoms with van der Waals surface area (Å²) in [5.41, 5.74) is 9.40. The molecule has 0 spiro atoms. The predicted octanol–water partition coefficient (Wildman–Crippen LogP) is 2.10. The maximum Gasteiger partial charge on any atom is 0.0360 e. The molecular formula is C12H20N2. The molecule has 0 aromatic heterocycles. The van der Waals surface area contributed by atoms with Crippen LogP contribution in [-0.2, 0) is 0 Å². The number of nitrogens with one attached hydrogen (secondary N) is 1. The molecular weight excluding hydrogens is 172 g/mol. The van der Waals surface area contributed by atoms with E-state index in [0.717, 1.165) is 31.5 Å². The van der Waals surface area contributed by atoms with E-state index in [1.165, 1.54) is 11.1 Å². The highest BCUT2D eigenvalue weighted by Gasteiger charge is 2.03. The second kappa shape index (κ2) is 5.66. The standard InChI is InChI=1S/C12H20N2/c1-3-10(2)14-9-12-6-4-5-11(7-12)8-13/h5,7,14H,2-4,6,8-9,13H2,1H3. The molecule has 1 aliphatic carbocycles. The van der Waals surface area contributed by atoms with E-state index in [1.807, 2.05) is 0 Å². The Morgan fingerprint density at radius 3 is 3.07 bits per heavy atom. The van der Waals surface area contributed by atoms with E-state index in [4.69, 9.17) is 5.73 Å². The van der Waals surface area contributed by atoms with Gasteiger partial charge in [-0.05, 0) is 24.8 Å². The van der Waals surface area contributed by atoms with Crippen molar-refractivity contribution < 1.29 is 0 Å². The lowest BCUT2D eigenvalue weighted by molar-refractivity contribution is 0.780. The molecule has 2 heteroatoms. The molecule has 0 saturated heterocycles. The third-order valence-corrected chi connectivity index (χ3v) is 2.49. The minimum Gasteiger partial charge on any atom is -0.385 e. The molecule has 0 heterocycles. The second-order valence-electron chi connectivity index (χ2n) is 3.64. The monoisotopic (exact) mass is 192 g/mol. The van der Waals surface area contributed by atoms with E-state index in [-0.39, 0.29) is 0 Å². The highest BCUT2D eigenvalue weighted by atomic mass is 14.9. The van der Waals surface area contributed by atoms with Gasteiger partial charge in [0.05, 0.1) is 0 Å².